The van der Waals surface area contributed by atoms with Crippen LogP contribution in [0.2, 0.25) is 0 Å². The summed E-state index contributed by atoms with van der Waals surface area (Å²) in [6.45, 7) is 36.0. The van der Waals surface area contributed by atoms with Crippen LogP contribution < -0.4 is 43.6 Å². The molecule has 0 radical (unpaired) electrons. The molecular formula is C108H123N21O6. The maximum absolute atomic E-state index is 12.6. The Morgan fingerprint density at radius 2 is 0.785 bits per heavy atom. The van der Waals surface area contributed by atoms with Gasteiger partial charge in [-0.25, -0.2) is 15.0 Å². The smallest absolute Gasteiger partial charge is 0.246 e. The number of nitrogens with zero attached hydrogens (tertiary/aromatic N) is 21. The number of amides is 3. The van der Waals surface area contributed by atoms with Gasteiger partial charge in [0.15, 0.2) is 0 Å². The average molecular weight is 1810 g/mol. The van der Waals surface area contributed by atoms with E-state index < -0.39 is 0 Å². The van der Waals surface area contributed by atoms with Crippen LogP contribution in [0.5, 0.6) is 17.6 Å². The Morgan fingerprint density at radius 3 is 1.16 bits per heavy atom. The van der Waals surface area contributed by atoms with E-state index in [1.54, 1.807) is 14.7 Å². The fourth-order valence-electron chi connectivity index (χ4n) is 21.9. The summed E-state index contributed by atoms with van der Waals surface area (Å²) in [5.74, 6) is 1.76. The molecule has 1 unspecified atom stereocenters. The Kier molecular flexibility index (Phi) is 30.1. The monoisotopic (exact) mass is 1810 g/mol. The number of fused-ring (bicyclic) bond motifs is 6. The van der Waals surface area contributed by atoms with Crippen LogP contribution in [-0.2, 0) is 53.3 Å². The zero-order valence-electron chi connectivity index (χ0n) is 79.0. The van der Waals surface area contributed by atoms with Gasteiger partial charge >= 0.3 is 0 Å². The van der Waals surface area contributed by atoms with E-state index in [0.29, 0.717) is 132 Å². The molecule has 135 heavy (non-hydrogen) atoms. The van der Waals surface area contributed by atoms with E-state index in [0.717, 1.165) is 167 Å². The summed E-state index contributed by atoms with van der Waals surface area (Å²) < 4.78 is 19.4. The molecule has 0 aliphatic carbocycles. The standard InChI is InChI=1S/C37H43N7O2.C36H41N7O2.C35H39N7O2/c1-4-34(45)44-20-19-43(24-29(44)11-15-38)36-30-14-18-42(33-10-6-9-28-8-5-7-27(3)35(28)33)25-32(30)40-37(31(36)23-39)46-22-21-41-16-12-26(2)13-17-41;1-4-33(44)43-19-18-42(22-28(43)13-15-37)35-29-14-17-41(32-12-6-11-27-10-5-8-25(2)34(27)32)23-31(29)39-36(30(35)20-38)45-24-26-9-7-16-40(3)21-26;1-4-32(43)42-19-18-41(21-26(42)13-15-36)34-28-14-17-40(31-12-6-10-25-9-5-8-24(2)33(25)31)23-30(28)38-35(29(34)20-37)44-27-11-7-16-39(3)22-27/h4-10,26,29H,1,11-14,16-22,24-25H2,2-3H3;4-6,8,10-12,26,28H,1,7,9,13-14,16-19,21-24H2,2-3H3;4-6,8-10,12,26-27H,1,7,11,13-14,16-19,21-23H2,2-3H3/t29-;26?,28-;26-,27-/m000/s1. The van der Waals surface area contributed by atoms with Crippen LogP contribution >= 0.6 is 0 Å². The van der Waals surface area contributed by atoms with E-state index >= 15 is 0 Å². The van der Waals surface area contributed by atoms with Gasteiger partial charge in [0.2, 0.25) is 35.4 Å². The van der Waals surface area contributed by atoms with Crippen molar-refractivity contribution in [3.8, 4) is 54.1 Å². The molecule has 9 aliphatic heterocycles. The lowest BCUT2D eigenvalue weighted by Crippen LogP contribution is -2.55. The minimum absolute atomic E-state index is 0.0481. The molecule has 0 saturated carbocycles. The zero-order chi connectivity index (χ0) is 94.5. The van der Waals surface area contributed by atoms with Crippen molar-refractivity contribution in [3.05, 3.63) is 214 Å². The lowest BCUT2D eigenvalue weighted by molar-refractivity contribution is -0.129. The second kappa shape index (κ2) is 43.0. The van der Waals surface area contributed by atoms with E-state index in [2.05, 4.69) is 251 Å². The number of aromatic nitrogens is 3. The Morgan fingerprint density at radius 1 is 0.422 bits per heavy atom. The van der Waals surface area contributed by atoms with Gasteiger partial charge in [-0.15, -0.1) is 0 Å². The molecular weight excluding hydrogens is 1690 g/mol. The molecule has 27 nitrogen and oxygen atoms in total. The van der Waals surface area contributed by atoms with Gasteiger partial charge in [-0.2, -0.15) is 31.6 Å². The number of hydrogen-bond acceptors (Lipinski definition) is 24. The molecule has 6 fully saturated rings. The Labute approximate surface area is 794 Å². The number of piperidine rings is 3. The van der Waals surface area contributed by atoms with Gasteiger partial charge in [-0.1, -0.05) is 118 Å². The number of benzene rings is 6. The third-order valence-corrected chi connectivity index (χ3v) is 28.8. The zero-order valence-corrected chi connectivity index (χ0v) is 79.0. The van der Waals surface area contributed by atoms with E-state index in [-0.39, 0.29) is 61.2 Å². The van der Waals surface area contributed by atoms with Crippen molar-refractivity contribution in [1.29, 1.82) is 31.6 Å². The van der Waals surface area contributed by atoms with E-state index in [1.165, 1.54) is 97.1 Å². The summed E-state index contributed by atoms with van der Waals surface area (Å²) >= 11 is 0. The first-order valence-corrected chi connectivity index (χ1v) is 48.0. The van der Waals surface area contributed by atoms with E-state index in [1.807, 2.05) is 0 Å². The summed E-state index contributed by atoms with van der Waals surface area (Å²) in [5.41, 5.74) is 17.0. The highest BCUT2D eigenvalue weighted by Crippen LogP contribution is 2.46. The maximum Gasteiger partial charge on any atom is 0.246 e. The number of carbonyl (C=O) groups is 3. The second-order valence-corrected chi connectivity index (χ2v) is 37.6. The van der Waals surface area contributed by atoms with Crippen LogP contribution in [0.15, 0.2) is 147 Å². The molecule has 9 aromatic rings. The summed E-state index contributed by atoms with van der Waals surface area (Å²) in [6.07, 6.45) is 13.2. The molecule has 27 heteroatoms. The number of likely N-dealkylation sites (tertiary alicyclic amines) is 3. The fraction of sp³-hybridized carbons (Fsp3) is 0.444. The van der Waals surface area contributed by atoms with Crippen LogP contribution in [0.4, 0.5) is 34.1 Å². The highest BCUT2D eigenvalue weighted by atomic mass is 16.5. The van der Waals surface area contributed by atoms with Crippen LogP contribution in [0.3, 0.4) is 0 Å². The van der Waals surface area contributed by atoms with Crippen LogP contribution in [-0.4, -0.2) is 238 Å². The normalized spacial score (nSPS) is 19.9. The Balaban J connectivity index is 0.000000147. The highest BCUT2D eigenvalue weighted by molar-refractivity contribution is 6.00. The quantitative estimate of drug-likeness (QED) is 0.0604. The number of likely N-dealkylation sites (N-methyl/N-ethyl adjacent to an activating group) is 1. The molecule has 9 aliphatic rings. The van der Waals surface area contributed by atoms with Crippen molar-refractivity contribution in [2.45, 2.75) is 149 Å². The van der Waals surface area contributed by atoms with Crippen molar-refractivity contribution in [2.24, 2.45) is 11.8 Å². The van der Waals surface area contributed by atoms with Gasteiger partial charge in [-0.05, 0) is 194 Å². The Hall–Kier alpha value is -13.8. The first kappa shape index (κ1) is 94.4. The molecule has 6 saturated heterocycles. The van der Waals surface area contributed by atoms with E-state index in [4.69, 9.17) is 29.2 Å². The topological polar surface area (TPSA) is 299 Å². The molecule has 6 aromatic carbocycles. The lowest BCUT2D eigenvalue weighted by Gasteiger charge is -2.43. The van der Waals surface area contributed by atoms with Gasteiger partial charge in [0, 0.05) is 154 Å². The minimum Gasteiger partial charge on any atom is -0.476 e. The lowest BCUT2D eigenvalue weighted by atomic mass is 9.95. The second-order valence-electron chi connectivity index (χ2n) is 37.6. The molecule has 0 N–H and O–H groups in total. The summed E-state index contributed by atoms with van der Waals surface area (Å²) in [6, 6.07) is 51.8. The van der Waals surface area contributed by atoms with Crippen molar-refractivity contribution in [3.63, 3.8) is 0 Å². The van der Waals surface area contributed by atoms with Crippen molar-refractivity contribution < 1.29 is 28.6 Å². The molecule has 12 heterocycles. The SMILES string of the molecule is C=CC(=O)N1CCN(c2c(C#N)c(OCC3CCCN(C)C3)nc3c2CCN(c2cccc4cccc(C)c24)C3)C[C@@H]1CC#N.C=CC(=O)N1CCN(c2c(C#N)c(OCCN3CCC(C)CC3)nc3c2CCN(c2cccc4cccc(C)c24)C3)C[C@@H]1CC#N.C=CC(=O)N1CCN(c2c(C#N)c(O[C@H]3CCCN(C)C3)nc3c2CCN(c2cccc4cccc(C)c24)C3)C[C@@H]1CC#N. The maximum atomic E-state index is 12.6. The highest BCUT2D eigenvalue weighted by Gasteiger charge is 2.41. The number of piperazine rings is 3. The van der Waals surface area contributed by atoms with Crippen molar-refractivity contribution >= 4 is 84.2 Å². The van der Waals surface area contributed by atoms with Gasteiger partial charge in [0.05, 0.1) is 116 Å². The summed E-state index contributed by atoms with van der Waals surface area (Å²) in [5, 5.41) is 68.0. The largest absolute Gasteiger partial charge is 0.476 e. The summed E-state index contributed by atoms with van der Waals surface area (Å²) in [7, 11) is 4.23. The van der Waals surface area contributed by atoms with Gasteiger partial charge in [0.1, 0.15) is 47.6 Å². The number of carbonyl (C=O) groups excluding carboxylic acids is 3. The number of pyridine rings is 3. The van der Waals surface area contributed by atoms with Crippen molar-refractivity contribution in [1.82, 2.24) is 44.4 Å². The van der Waals surface area contributed by atoms with Crippen LogP contribution in [0.25, 0.3) is 32.3 Å². The number of ether oxygens (including phenoxy) is 3. The molecule has 0 spiro atoms. The van der Waals surface area contributed by atoms with E-state index in [9.17, 15) is 46.0 Å². The molecule has 5 atom stereocenters. The number of anilines is 6. The predicted molar refractivity (Wildman–Crippen MR) is 529 cm³/mol. The molecule has 0 bridgehead atoms. The predicted octanol–water partition coefficient (Wildman–Crippen LogP) is 14.6. The molecule has 696 valence electrons. The van der Waals surface area contributed by atoms with Gasteiger partial charge in [0.25, 0.3) is 0 Å². The summed E-state index contributed by atoms with van der Waals surface area (Å²) in [4.78, 5) is 79.1. The minimum atomic E-state index is -0.302. The molecule has 3 aromatic heterocycles. The average Bonchev–Trinajstić information content (AvgIpc) is 0.755. The third-order valence-electron chi connectivity index (χ3n) is 28.8. The molecule has 3 amide bonds. The third kappa shape index (κ3) is 20.5. The molecule has 18 rings (SSSR count). The van der Waals surface area contributed by atoms with Crippen molar-refractivity contribution in [2.75, 3.05) is 181 Å². The number of rotatable bonds is 21. The van der Waals surface area contributed by atoms with Gasteiger partial charge < -0.3 is 68.1 Å². The first-order valence-electron chi connectivity index (χ1n) is 48.0. The van der Waals surface area contributed by atoms with Gasteiger partial charge in [-0.3, -0.25) is 19.3 Å². The van der Waals surface area contributed by atoms with Crippen LogP contribution in [0.1, 0.15) is 132 Å². The first-order chi connectivity index (χ1) is 65.7. The fourth-order valence-corrected chi connectivity index (χ4v) is 21.9. The number of hydrogen-bond donors (Lipinski definition) is 0. The number of nitriles is 6. The van der Waals surface area contributed by atoms with Crippen LogP contribution in [0, 0.1) is 101 Å². The number of aryl methyl sites for hydroxylation is 3. The Bertz CT molecular complexity index is 6230.